The third kappa shape index (κ3) is 4.33. The van der Waals surface area contributed by atoms with Crippen LogP contribution in [0, 0.1) is 0 Å². The third-order valence-corrected chi connectivity index (χ3v) is 14.2. The van der Waals surface area contributed by atoms with Gasteiger partial charge < -0.3 is 23.2 Å². The zero-order valence-corrected chi connectivity index (χ0v) is 33.3. The Kier molecular flexibility index (Phi) is 7.00. The monoisotopic (exact) mass is 713 g/mol. The number of fused-ring (bicyclic) bond motifs is 12. The lowest BCUT2D eigenvalue weighted by molar-refractivity contribution is 0.00578. The zero-order valence-electron chi connectivity index (χ0n) is 33.3. The van der Waals surface area contributed by atoms with Gasteiger partial charge in [0, 0.05) is 10.8 Å². The second-order valence-electron chi connectivity index (χ2n) is 18.2. The van der Waals surface area contributed by atoms with Crippen molar-refractivity contribution >= 4 is 47.0 Å². The largest absolute Gasteiger partial charge is 0.494 e. The van der Waals surface area contributed by atoms with Crippen LogP contribution in [0.4, 0.5) is 0 Å². The van der Waals surface area contributed by atoms with Crippen LogP contribution < -0.4 is 10.9 Å². The van der Waals surface area contributed by atoms with Crippen LogP contribution >= 0.6 is 0 Å². The molecule has 2 fully saturated rings. The number of rotatable bonds is 4. The minimum atomic E-state index is -0.567. The van der Waals surface area contributed by atoms with Crippen molar-refractivity contribution < 1.29 is 18.6 Å². The lowest BCUT2D eigenvalue weighted by atomic mass is 9.63. The lowest BCUT2D eigenvalue weighted by Gasteiger charge is -2.40. The van der Waals surface area contributed by atoms with E-state index < -0.39 is 42.1 Å². The predicted molar refractivity (Wildman–Crippen MR) is 222 cm³/mol. The molecule has 54 heavy (non-hydrogen) atoms. The SMILES string of the molecule is CCC(C)c1ccc2c(c1)C1(c3ccccc3-c3ccccc31)c1cc(B3OC(C)(C)C(C)(C)O3)cc3c4cc(B5OC(C)(C)C(C)(C)O5)ccc4n-2c13. The first-order valence-corrected chi connectivity index (χ1v) is 19.8. The van der Waals surface area contributed by atoms with E-state index in [2.05, 4.69) is 171 Å². The maximum Gasteiger partial charge on any atom is 0.494 e. The number of nitrogens with zero attached hydrogens (tertiary/aromatic N) is 1. The summed E-state index contributed by atoms with van der Waals surface area (Å²) >= 11 is 0. The van der Waals surface area contributed by atoms with Crippen LogP contribution in [0.3, 0.4) is 0 Å². The molecule has 10 rings (SSSR count). The summed E-state index contributed by atoms with van der Waals surface area (Å²) in [5.41, 5.74) is 12.3. The van der Waals surface area contributed by atoms with E-state index in [0.29, 0.717) is 5.92 Å². The van der Waals surface area contributed by atoms with Crippen LogP contribution in [0.1, 0.15) is 109 Å². The van der Waals surface area contributed by atoms with Crippen molar-refractivity contribution in [2.75, 3.05) is 0 Å². The molecule has 0 bridgehead atoms. The molecule has 1 unspecified atom stereocenters. The summed E-state index contributed by atoms with van der Waals surface area (Å²) in [7, 11) is -1.00. The summed E-state index contributed by atoms with van der Waals surface area (Å²) in [6, 6.07) is 36.9. The highest BCUT2D eigenvalue weighted by atomic mass is 16.7. The van der Waals surface area contributed by atoms with Crippen molar-refractivity contribution in [3.63, 3.8) is 0 Å². The molecule has 0 saturated carbocycles. The lowest BCUT2D eigenvalue weighted by Crippen LogP contribution is -2.41. The van der Waals surface area contributed by atoms with Gasteiger partial charge in [0.2, 0.25) is 0 Å². The Hall–Kier alpha value is -4.13. The molecule has 0 amide bonds. The van der Waals surface area contributed by atoms with Crippen molar-refractivity contribution in [1.29, 1.82) is 0 Å². The van der Waals surface area contributed by atoms with Crippen molar-refractivity contribution in [3.8, 4) is 16.8 Å². The first kappa shape index (κ1) is 34.4. The highest BCUT2D eigenvalue weighted by Crippen LogP contribution is 2.61. The van der Waals surface area contributed by atoms with Crippen LogP contribution in [0.2, 0.25) is 0 Å². The predicted octanol–water partition coefficient (Wildman–Crippen LogP) is 9.57. The zero-order chi connectivity index (χ0) is 37.7. The topological polar surface area (TPSA) is 41.9 Å². The van der Waals surface area contributed by atoms with Gasteiger partial charge in [0.15, 0.2) is 0 Å². The van der Waals surface area contributed by atoms with E-state index in [9.17, 15) is 0 Å². The Bertz CT molecular complexity index is 2490. The Labute approximate surface area is 320 Å². The quantitative estimate of drug-likeness (QED) is 0.171. The molecule has 3 aliphatic heterocycles. The van der Waals surface area contributed by atoms with Crippen LogP contribution in [-0.4, -0.2) is 41.2 Å². The fourth-order valence-electron chi connectivity index (χ4n) is 9.52. The number of aromatic nitrogens is 1. The highest BCUT2D eigenvalue weighted by Gasteiger charge is 2.55. The Morgan fingerprint density at radius 1 is 0.556 bits per heavy atom. The summed E-state index contributed by atoms with van der Waals surface area (Å²) in [5.74, 6) is 0.417. The van der Waals surface area contributed by atoms with Gasteiger partial charge in [-0.2, -0.15) is 0 Å². The summed E-state index contributed by atoms with van der Waals surface area (Å²) in [4.78, 5) is 0. The van der Waals surface area contributed by atoms with Gasteiger partial charge in [0.1, 0.15) is 0 Å². The standard InChI is InChI=1S/C47H49B2NO4/c1-11-28(2)29-20-22-41-38(24-29)47(36-18-14-12-16-32(36)33-17-13-15-19-37(33)47)39-27-31(49-53-45(7,8)46(9,10)54-49)26-35-34-25-30(21-23-40(34)50(41)42(35)39)48-51-43(3,4)44(5,6)52-48/h12-28H,11H2,1-10H3. The molecular weight excluding hydrogens is 664 g/mol. The normalized spacial score (nSPS) is 21.1. The first-order valence-electron chi connectivity index (χ1n) is 19.8. The van der Waals surface area contributed by atoms with E-state index in [4.69, 9.17) is 18.6 Å². The van der Waals surface area contributed by atoms with Crippen LogP contribution in [-0.2, 0) is 24.0 Å². The third-order valence-electron chi connectivity index (χ3n) is 14.2. The van der Waals surface area contributed by atoms with E-state index in [-0.39, 0.29) is 0 Å². The highest BCUT2D eigenvalue weighted by molar-refractivity contribution is 6.63. The summed E-state index contributed by atoms with van der Waals surface area (Å²) < 4.78 is 29.4. The van der Waals surface area contributed by atoms with Gasteiger partial charge in [-0.3, -0.25) is 0 Å². The molecule has 0 N–H and O–H groups in total. The number of benzene rings is 5. The molecule has 272 valence electrons. The van der Waals surface area contributed by atoms with Gasteiger partial charge >= 0.3 is 14.2 Å². The maximum atomic E-state index is 6.84. The first-order chi connectivity index (χ1) is 25.6. The van der Waals surface area contributed by atoms with Crippen molar-refractivity contribution in [2.24, 2.45) is 0 Å². The minimum Gasteiger partial charge on any atom is -0.399 e. The smallest absolute Gasteiger partial charge is 0.399 e. The molecular formula is C47H49B2NO4. The van der Waals surface area contributed by atoms with E-state index in [1.54, 1.807) is 0 Å². The maximum absolute atomic E-state index is 6.84. The average molecular weight is 714 g/mol. The van der Waals surface area contributed by atoms with E-state index in [0.717, 1.165) is 28.2 Å². The molecule has 7 heteroatoms. The van der Waals surface area contributed by atoms with Crippen LogP contribution in [0.5, 0.6) is 0 Å². The van der Waals surface area contributed by atoms with Crippen LogP contribution in [0.15, 0.2) is 97.1 Å². The molecule has 1 aliphatic carbocycles. The van der Waals surface area contributed by atoms with Crippen molar-refractivity contribution in [3.05, 3.63) is 125 Å². The van der Waals surface area contributed by atoms with E-state index >= 15 is 0 Å². The minimum absolute atomic E-state index is 0.417. The molecule has 6 aromatic rings. The number of hydrogen-bond donors (Lipinski definition) is 0. The molecule has 5 nitrogen and oxygen atoms in total. The van der Waals surface area contributed by atoms with Gasteiger partial charge in [-0.25, -0.2) is 0 Å². The molecule has 5 aromatic carbocycles. The molecule has 4 aliphatic rings. The van der Waals surface area contributed by atoms with Gasteiger partial charge in [0.05, 0.1) is 44.5 Å². The fourth-order valence-corrected chi connectivity index (χ4v) is 9.52. The van der Waals surface area contributed by atoms with Gasteiger partial charge in [-0.15, -0.1) is 0 Å². The molecule has 4 heterocycles. The average Bonchev–Trinajstić information content (AvgIpc) is 3.78. The van der Waals surface area contributed by atoms with Gasteiger partial charge in [-0.05, 0) is 130 Å². The van der Waals surface area contributed by atoms with Crippen molar-refractivity contribution in [1.82, 2.24) is 4.57 Å². The second-order valence-corrected chi connectivity index (χ2v) is 18.2. The Balaban J connectivity index is 1.35. The Morgan fingerprint density at radius 2 is 1.09 bits per heavy atom. The number of hydrogen-bond acceptors (Lipinski definition) is 4. The summed E-state index contributed by atoms with van der Waals surface area (Å²) in [6.45, 7) is 21.6. The molecule has 0 radical (unpaired) electrons. The molecule has 2 saturated heterocycles. The molecule has 1 atom stereocenters. The van der Waals surface area contributed by atoms with Gasteiger partial charge in [0.25, 0.3) is 0 Å². The Morgan fingerprint density at radius 3 is 1.67 bits per heavy atom. The molecule has 1 aromatic heterocycles. The summed E-state index contributed by atoms with van der Waals surface area (Å²) in [6.07, 6.45) is 1.07. The van der Waals surface area contributed by atoms with E-state index in [1.165, 1.54) is 55.5 Å². The van der Waals surface area contributed by atoms with Gasteiger partial charge in [-0.1, -0.05) is 98.8 Å². The van der Waals surface area contributed by atoms with E-state index in [1.807, 2.05) is 0 Å². The second kappa shape index (κ2) is 11.0. The van der Waals surface area contributed by atoms with Crippen molar-refractivity contribution in [2.45, 2.75) is 109 Å². The van der Waals surface area contributed by atoms with Crippen LogP contribution in [0.25, 0.3) is 38.6 Å². The fraction of sp³-hybridized carbons (Fsp3) is 0.362. The summed E-state index contributed by atoms with van der Waals surface area (Å²) in [5, 5.41) is 2.33. The molecule has 1 spiro atoms.